The van der Waals surface area contributed by atoms with Gasteiger partial charge in [-0.2, -0.15) is 0 Å². The molecule has 1 fully saturated rings. The Kier molecular flexibility index (Phi) is 6.81. The highest BCUT2D eigenvalue weighted by atomic mass is 35.5. The third-order valence-electron chi connectivity index (χ3n) is 6.14. The third kappa shape index (κ3) is 4.93. The number of hydrogen-bond donors (Lipinski definition) is 3. The number of rotatable bonds is 6. The molecule has 0 bridgehead atoms. The first-order chi connectivity index (χ1) is 17.0. The lowest BCUT2D eigenvalue weighted by molar-refractivity contribution is 0.416. The predicted octanol–water partition coefficient (Wildman–Crippen LogP) is 4.98. The van der Waals surface area contributed by atoms with Crippen molar-refractivity contribution >= 4 is 51.2 Å². The maximum absolute atomic E-state index is 12.8. The van der Waals surface area contributed by atoms with Crippen molar-refractivity contribution in [1.82, 2.24) is 15.3 Å². The van der Waals surface area contributed by atoms with Crippen LogP contribution in [0.3, 0.4) is 0 Å². The molecule has 0 radical (unpaired) electrons. The van der Waals surface area contributed by atoms with Gasteiger partial charge in [-0.15, -0.1) is 0 Å². The number of ether oxygens (including phenoxy) is 1. The number of nitrogens with zero attached hydrogens (tertiary/aromatic N) is 2. The first kappa shape index (κ1) is 23.5. The topological polar surface area (TPSA) is 82.3 Å². The van der Waals surface area contributed by atoms with Crippen molar-refractivity contribution in [2.75, 3.05) is 43.5 Å². The third-order valence-corrected chi connectivity index (χ3v) is 6.85. The normalized spacial score (nSPS) is 13.7. The first-order valence-electron chi connectivity index (χ1n) is 11.4. The number of methoxy groups -OCH3 is 1. The molecule has 1 saturated heterocycles. The van der Waals surface area contributed by atoms with E-state index in [-0.39, 0.29) is 5.56 Å². The number of pyridine rings is 2. The summed E-state index contributed by atoms with van der Waals surface area (Å²) in [6.07, 6.45) is 2.02. The number of halogens is 2. The summed E-state index contributed by atoms with van der Waals surface area (Å²) >= 11 is 12.8. The molecule has 3 heterocycles. The van der Waals surface area contributed by atoms with Crippen molar-refractivity contribution in [2.24, 2.45) is 0 Å². The van der Waals surface area contributed by atoms with Crippen LogP contribution >= 0.6 is 23.2 Å². The first-order valence-corrected chi connectivity index (χ1v) is 12.1. The largest absolute Gasteiger partial charge is 0.494 e. The van der Waals surface area contributed by atoms with Crippen molar-refractivity contribution in [1.29, 1.82) is 0 Å². The van der Waals surface area contributed by atoms with Gasteiger partial charge < -0.3 is 25.3 Å². The zero-order valence-corrected chi connectivity index (χ0v) is 20.7. The molecule has 0 aliphatic carbocycles. The summed E-state index contributed by atoms with van der Waals surface area (Å²) in [7, 11) is 1.64. The second kappa shape index (κ2) is 10.2. The maximum Gasteiger partial charge on any atom is 0.259 e. The Labute approximate surface area is 213 Å². The molecule has 35 heavy (non-hydrogen) atoms. The van der Waals surface area contributed by atoms with E-state index in [2.05, 4.69) is 26.6 Å². The Hall–Kier alpha value is -3.26. The van der Waals surface area contributed by atoms with Crippen LogP contribution in [0.25, 0.3) is 10.9 Å². The molecule has 0 unspecified atom stereocenters. The van der Waals surface area contributed by atoms with Crippen LogP contribution in [-0.4, -0.2) is 43.3 Å². The van der Waals surface area contributed by atoms with Gasteiger partial charge in [-0.3, -0.25) is 9.78 Å². The summed E-state index contributed by atoms with van der Waals surface area (Å²) in [5.74, 6) is 0.689. The molecule has 0 amide bonds. The monoisotopic (exact) mass is 509 g/mol. The van der Waals surface area contributed by atoms with Gasteiger partial charge in [0.25, 0.3) is 5.56 Å². The van der Waals surface area contributed by atoms with E-state index in [1.807, 2.05) is 24.3 Å². The molecule has 180 valence electrons. The van der Waals surface area contributed by atoms with Crippen LogP contribution in [0.2, 0.25) is 10.0 Å². The van der Waals surface area contributed by atoms with Gasteiger partial charge in [-0.05, 0) is 42.0 Å². The molecular formula is C26H25Cl2N5O2. The van der Waals surface area contributed by atoms with Crippen molar-refractivity contribution in [3.63, 3.8) is 0 Å². The fraction of sp³-hybridized carbons (Fsp3) is 0.231. The van der Waals surface area contributed by atoms with Crippen LogP contribution in [0.1, 0.15) is 11.3 Å². The number of fused-ring (bicyclic) bond motifs is 1. The number of nitrogens with one attached hydrogen (secondary N) is 3. The molecule has 0 spiro atoms. The molecule has 5 rings (SSSR count). The van der Waals surface area contributed by atoms with Gasteiger partial charge in [0.1, 0.15) is 5.75 Å². The highest BCUT2D eigenvalue weighted by molar-refractivity contribution is 6.36. The fourth-order valence-corrected chi connectivity index (χ4v) is 4.90. The van der Waals surface area contributed by atoms with Gasteiger partial charge in [0.15, 0.2) is 0 Å². The number of hydrogen-bond acceptors (Lipinski definition) is 6. The van der Waals surface area contributed by atoms with E-state index in [1.165, 1.54) is 0 Å². The number of aromatic amines is 1. The van der Waals surface area contributed by atoms with Crippen LogP contribution < -0.4 is 25.8 Å². The van der Waals surface area contributed by atoms with E-state index in [0.29, 0.717) is 38.8 Å². The zero-order valence-electron chi connectivity index (χ0n) is 19.2. The molecule has 1 aliphatic heterocycles. The van der Waals surface area contributed by atoms with Gasteiger partial charge in [-0.25, -0.2) is 0 Å². The Morgan fingerprint density at radius 3 is 2.57 bits per heavy atom. The SMILES string of the molecule is COc1cc(N2CCNCC2)ccc1Nc1cc(Cc2c(Cl)cccc2Cl)nc2cc[nH]c(=O)c12. The lowest BCUT2D eigenvalue weighted by Crippen LogP contribution is -2.43. The predicted molar refractivity (Wildman–Crippen MR) is 143 cm³/mol. The highest BCUT2D eigenvalue weighted by Crippen LogP contribution is 2.35. The molecular weight excluding hydrogens is 485 g/mol. The summed E-state index contributed by atoms with van der Waals surface area (Å²) in [6.45, 7) is 3.78. The number of piperazine rings is 1. The summed E-state index contributed by atoms with van der Waals surface area (Å²) < 4.78 is 5.71. The van der Waals surface area contributed by atoms with Gasteiger partial charge in [0.05, 0.1) is 29.4 Å². The molecule has 7 nitrogen and oxygen atoms in total. The molecule has 2 aromatic heterocycles. The van der Waals surface area contributed by atoms with Crippen molar-refractivity contribution < 1.29 is 4.74 Å². The van der Waals surface area contributed by atoms with Gasteiger partial charge >= 0.3 is 0 Å². The minimum Gasteiger partial charge on any atom is -0.494 e. The van der Waals surface area contributed by atoms with Gasteiger partial charge in [-0.1, -0.05) is 29.3 Å². The standard InChI is InChI=1S/C26H25Cl2N5O2/c1-35-24-15-17(33-11-9-29-10-12-33)5-6-21(24)32-23-14-16(13-18-19(27)3-2-4-20(18)28)31-22-7-8-30-26(34)25(22)23/h2-8,14-15,29H,9-13H2,1H3,(H,30,34)(H,31,32). The molecule has 1 aliphatic rings. The van der Waals surface area contributed by atoms with Crippen molar-refractivity contribution in [2.45, 2.75) is 6.42 Å². The summed E-state index contributed by atoms with van der Waals surface area (Å²) in [6, 6.07) is 15.1. The molecule has 0 saturated carbocycles. The van der Waals surface area contributed by atoms with E-state index < -0.39 is 0 Å². The molecule has 3 N–H and O–H groups in total. The van der Waals surface area contributed by atoms with Crippen LogP contribution in [0.4, 0.5) is 17.1 Å². The lowest BCUT2D eigenvalue weighted by atomic mass is 10.1. The van der Waals surface area contributed by atoms with E-state index in [9.17, 15) is 4.79 Å². The average Bonchev–Trinajstić information content (AvgIpc) is 2.87. The summed E-state index contributed by atoms with van der Waals surface area (Å²) in [5, 5.41) is 8.40. The maximum atomic E-state index is 12.8. The number of aromatic nitrogens is 2. The Balaban J connectivity index is 1.55. The van der Waals surface area contributed by atoms with E-state index >= 15 is 0 Å². The lowest BCUT2D eigenvalue weighted by Gasteiger charge is -2.30. The molecule has 2 aromatic carbocycles. The molecule has 4 aromatic rings. The summed E-state index contributed by atoms with van der Waals surface area (Å²) in [5.41, 5.74) is 4.35. The highest BCUT2D eigenvalue weighted by Gasteiger charge is 2.16. The molecule has 0 atom stereocenters. The minimum absolute atomic E-state index is 0.226. The van der Waals surface area contributed by atoms with Crippen molar-refractivity contribution in [3.05, 3.63) is 86.4 Å². The Morgan fingerprint density at radius 1 is 1.06 bits per heavy atom. The fourth-order valence-electron chi connectivity index (χ4n) is 4.37. The number of H-pyrrole nitrogens is 1. The second-order valence-corrected chi connectivity index (χ2v) is 9.17. The van der Waals surface area contributed by atoms with Crippen LogP contribution in [0.5, 0.6) is 5.75 Å². The number of benzene rings is 2. The van der Waals surface area contributed by atoms with E-state index in [1.54, 1.807) is 31.5 Å². The Morgan fingerprint density at radius 2 is 1.83 bits per heavy atom. The van der Waals surface area contributed by atoms with Crippen LogP contribution in [0.15, 0.2) is 59.5 Å². The van der Waals surface area contributed by atoms with Gasteiger partial charge in [0.2, 0.25) is 0 Å². The average molecular weight is 510 g/mol. The Bertz CT molecular complexity index is 1410. The van der Waals surface area contributed by atoms with Crippen LogP contribution in [0, 0.1) is 0 Å². The quantitative estimate of drug-likeness (QED) is 0.340. The zero-order chi connectivity index (χ0) is 24.4. The van der Waals surface area contributed by atoms with E-state index in [0.717, 1.165) is 48.8 Å². The van der Waals surface area contributed by atoms with Crippen LogP contribution in [-0.2, 0) is 6.42 Å². The molecule has 9 heteroatoms. The van der Waals surface area contributed by atoms with E-state index in [4.69, 9.17) is 32.9 Å². The van der Waals surface area contributed by atoms with Crippen molar-refractivity contribution in [3.8, 4) is 5.75 Å². The minimum atomic E-state index is -0.226. The summed E-state index contributed by atoms with van der Waals surface area (Å²) in [4.78, 5) is 22.5. The smallest absolute Gasteiger partial charge is 0.259 e. The number of anilines is 3. The second-order valence-electron chi connectivity index (χ2n) is 8.35. The van der Waals surface area contributed by atoms with Gasteiger partial charge in [0, 0.05) is 66.3 Å².